The van der Waals surface area contributed by atoms with Gasteiger partial charge < -0.3 is 24.1 Å². The molecule has 0 radical (unpaired) electrons. The molecule has 9 heteroatoms. The quantitative estimate of drug-likeness (QED) is 0.452. The Morgan fingerprint density at radius 2 is 1.97 bits per heavy atom. The van der Waals surface area contributed by atoms with Gasteiger partial charge in [0.25, 0.3) is 5.56 Å². The van der Waals surface area contributed by atoms with Crippen molar-refractivity contribution in [1.29, 1.82) is 0 Å². The van der Waals surface area contributed by atoms with Gasteiger partial charge in [-0.05, 0) is 63.3 Å². The fourth-order valence-corrected chi connectivity index (χ4v) is 4.97. The number of rotatable bonds is 8. The summed E-state index contributed by atoms with van der Waals surface area (Å²) in [4.78, 5) is 28.7. The number of nitrogens with one attached hydrogen (secondary N) is 1. The van der Waals surface area contributed by atoms with Gasteiger partial charge in [0.1, 0.15) is 11.9 Å². The van der Waals surface area contributed by atoms with Gasteiger partial charge in [-0.1, -0.05) is 6.07 Å². The van der Waals surface area contributed by atoms with Gasteiger partial charge in [0, 0.05) is 50.2 Å². The lowest BCUT2D eigenvalue weighted by Crippen LogP contribution is -2.44. The van der Waals surface area contributed by atoms with Crippen LogP contribution in [-0.2, 0) is 23.1 Å². The number of aliphatic carboxylic acids is 1. The standard InChI is InChI=1S/C26H34N4O5/c1-15-11-20(14-29(4)25(15)32)24-28-21-12-18(13-27-23(17(3)31)26(33)34)5-6-22(21)30(24)16(2)19-7-9-35-10-8-19/h5-6,11-12,14,16-17,19,23,27,31H,7-10,13H2,1-4H3,(H,33,34)/t16?,17-,23?/m1/s1. The molecule has 0 aliphatic carbocycles. The molecule has 0 amide bonds. The van der Waals surface area contributed by atoms with Crippen LogP contribution >= 0.6 is 0 Å². The maximum atomic E-state index is 12.3. The van der Waals surface area contributed by atoms with Crippen molar-refractivity contribution in [2.45, 2.75) is 58.3 Å². The van der Waals surface area contributed by atoms with Crippen LogP contribution < -0.4 is 10.9 Å². The Morgan fingerprint density at radius 1 is 1.26 bits per heavy atom. The lowest BCUT2D eigenvalue weighted by atomic mass is 9.92. The van der Waals surface area contributed by atoms with E-state index < -0.39 is 18.1 Å². The number of hydrogen-bond donors (Lipinski definition) is 3. The Hall–Kier alpha value is -3.01. The number of aliphatic hydroxyl groups is 1. The second-order valence-electron chi connectivity index (χ2n) is 9.58. The fraction of sp³-hybridized carbons (Fsp3) is 0.500. The third-order valence-electron chi connectivity index (χ3n) is 7.00. The second kappa shape index (κ2) is 10.3. The molecule has 1 aliphatic heterocycles. The molecular weight excluding hydrogens is 448 g/mol. The van der Waals surface area contributed by atoms with E-state index in [1.165, 1.54) is 6.92 Å². The topological polar surface area (TPSA) is 119 Å². The molecule has 35 heavy (non-hydrogen) atoms. The maximum Gasteiger partial charge on any atom is 0.323 e. The molecular formula is C26H34N4O5. The Balaban J connectivity index is 1.77. The molecule has 3 heterocycles. The van der Waals surface area contributed by atoms with E-state index >= 15 is 0 Å². The van der Waals surface area contributed by atoms with Crippen molar-refractivity contribution in [3.63, 3.8) is 0 Å². The summed E-state index contributed by atoms with van der Waals surface area (Å²) < 4.78 is 9.43. The van der Waals surface area contributed by atoms with Gasteiger partial charge in [-0.2, -0.15) is 0 Å². The SMILES string of the molecule is Cc1cc(-c2nc3cc(CNC(C(=O)O)[C@@H](C)O)ccc3n2C(C)C2CCOCC2)cn(C)c1=O. The molecule has 2 unspecified atom stereocenters. The van der Waals surface area contributed by atoms with Crippen LogP contribution in [0.15, 0.2) is 35.3 Å². The zero-order chi connectivity index (χ0) is 25.3. The molecule has 3 aromatic rings. The molecule has 1 aromatic carbocycles. The number of carbonyl (C=O) groups is 1. The van der Waals surface area contributed by atoms with Gasteiger partial charge in [0.05, 0.1) is 17.1 Å². The van der Waals surface area contributed by atoms with E-state index in [1.807, 2.05) is 37.4 Å². The minimum atomic E-state index is -1.09. The number of carboxylic acids is 1. The molecule has 0 bridgehead atoms. The molecule has 4 rings (SSSR count). The largest absolute Gasteiger partial charge is 0.480 e. The first-order valence-corrected chi connectivity index (χ1v) is 12.1. The summed E-state index contributed by atoms with van der Waals surface area (Å²) in [5.41, 5.74) is 4.15. The Kier molecular flexibility index (Phi) is 7.39. The molecule has 3 atom stereocenters. The highest BCUT2D eigenvalue weighted by atomic mass is 16.5. The average molecular weight is 483 g/mol. The van der Waals surface area contributed by atoms with E-state index in [-0.39, 0.29) is 18.1 Å². The van der Waals surface area contributed by atoms with Gasteiger partial charge in [0.15, 0.2) is 0 Å². The minimum Gasteiger partial charge on any atom is -0.480 e. The van der Waals surface area contributed by atoms with Crippen molar-refractivity contribution in [1.82, 2.24) is 19.4 Å². The van der Waals surface area contributed by atoms with Crippen molar-refractivity contribution >= 4 is 17.0 Å². The second-order valence-corrected chi connectivity index (χ2v) is 9.58. The van der Waals surface area contributed by atoms with Crippen LogP contribution in [0, 0.1) is 12.8 Å². The zero-order valence-electron chi connectivity index (χ0n) is 20.7. The highest BCUT2D eigenvalue weighted by Crippen LogP contribution is 2.35. The summed E-state index contributed by atoms with van der Waals surface area (Å²) in [6.07, 6.45) is 2.76. The highest BCUT2D eigenvalue weighted by molar-refractivity contribution is 5.81. The zero-order valence-corrected chi connectivity index (χ0v) is 20.7. The first-order valence-electron chi connectivity index (χ1n) is 12.1. The predicted octanol–water partition coefficient (Wildman–Crippen LogP) is 2.62. The molecule has 0 spiro atoms. The van der Waals surface area contributed by atoms with Gasteiger partial charge in [-0.15, -0.1) is 0 Å². The summed E-state index contributed by atoms with van der Waals surface area (Å²) in [5, 5.41) is 22.0. The lowest BCUT2D eigenvalue weighted by molar-refractivity contribution is -0.142. The van der Waals surface area contributed by atoms with E-state index in [1.54, 1.807) is 11.6 Å². The average Bonchev–Trinajstić information content (AvgIpc) is 3.20. The van der Waals surface area contributed by atoms with E-state index in [0.29, 0.717) is 11.5 Å². The van der Waals surface area contributed by atoms with Crippen LogP contribution in [0.25, 0.3) is 22.4 Å². The minimum absolute atomic E-state index is 0.0339. The molecule has 1 fully saturated rings. The van der Waals surface area contributed by atoms with E-state index in [4.69, 9.17) is 9.72 Å². The van der Waals surface area contributed by atoms with Gasteiger partial charge >= 0.3 is 5.97 Å². The Bertz CT molecular complexity index is 1250. The van der Waals surface area contributed by atoms with Crippen molar-refractivity contribution in [2.75, 3.05) is 13.2 Å². The first kappa shape index (κ1) is 25.1. The van der Waals surface area contributed by atoms with Gasteiger partial charge in [-0.3, -0.25) is 14.9 Å². The van der Waals surface area contributed by atoms with Crippen molar-refractivity contribution in [3.05, 3.63) is 51.9 Å². The number of ether oxygens (including phenoxy) is 1. The van der Waals surface area contributed by atoms with Crippen LogP contribution in [0.4, 0.5) is 0 Å². The van der Waals surface area contributed by atoms with E-state index in [0.717, 1.165) is 54.0 Å². The number of fused-ring (bicyclic) bond motifs is 1. The Morgan fingerprint density at radius 3 is 2.60 bits per heavy atom. The smallest absolute Gasteiger partial charge is 0.323 e. The Labute approximate surface area is 204 Å². The number of aliphatic hydroxyl groups excluding tert-OH is 1. The summed E-state index contributed by atoms with van der Waals surface area (Å²) >= 11 is 0. The molecule has 3 N–H and O–H groups in total. The molecule has 1 aliphatic rings. The van der Waals surface area contributed by atoms with Crippen LogP contribution in [0.5, 0.6) is 0 Å². The van der Waals surface area contributed by atoms with E-state index in [2.05, 4.69) is 16.8 Å². The van der Waals surface area contributed by atoms with Crippen LogP contribution in [-0.4, -0.2) is 55.7 Å². The number of aromatic nitrogens is 3. The number of imidazole rings is 1. The summed E-state index contributed by atoms with van der Waals surface area (Å²) in [6.45, 7) is 7.26. The monoisotopic (exact) mass is 482 g/mol. The number of benzene rings is 1. The maximum absolute atomic E-state index is 12.3. The predicted molar refractivity (Wildman–Crippen MR) is 133 cm³/mol. The van der Waals surface area contributed by atoms with Gasteiger partial charge in [0.2, 0.25) is 0 Å². The molecule has 0 saturated carbocycles. The number of carboxylic acid groups (broad SMARTS) is 1. The number of nitrogens with zero attached hydrogens (tertiary/aromatic N) is 3. The summed E-state index contributed by atoms with van der Waals surface area (Å²) in [5.74, 6) is 0.149. The van der Waals surface area contributed by atoms with E-state index in [9.17, 15) is 19.8 Å². The highest BCUT2D eigenvalue weighted by Gasteiger charge is 2.27. The third-order valence-corrected chi connectivity index (χ3v) is 7.00. The number of hydrogen-bond acceptors (Lipinski definition) is 6. The third kappa shape index (κ3) is 5.17. The van der Waals surface area contributed by atoms with Gasteiger partial charge in [-0.25, -0.2) is 4.98 Å². The van der Waals surface area contributed by atoms with Crippen LogP contribution in [0.3, 0.4) is 0 Å². The number of aryl methyl sites for hydroxylation is 2. The van der Waals surface area contributed by atoms with Crippen molar-refractivity contribution in [2.24, 2.45) is 13.0 Å². The normalized spacial score (nSPS) is 17.4. The summed E-state index contributed by atoms with van der Waals surface area (Å²) in [7, 11) is 1.75. The molecule has 2 aromatic heterocycles. The van der Waals surface area contributed by atoms with Crippen LogP contribution in [0.1, 0.15) is 43.9 Å². The molecule has 9 nitrogen and oxygen atoms in total. The van der Waals surface area contributed by atoms with Crippen molar-refractivity contribution < 1.29 is 19.7 Å². The van der Waals surface area contributed by atoms with Crippen molar-refractivity contribution in [3.8, 4) is 11.4 Å². The molecule has 1 saturated heterocycles. The van der Waals surface area contributed by atoms with Crippen LogP contribution in [0.2, 0.25) is 0 Å². The lowest BCUT2D eigenvalue weighted by Gasteiger charge is -2.30. The fourth-order valence-electron chi connectivity index (χ4n) is 4.97. The summed E-state index contributed by atoms with van der Waals surface area (Å²) in [6, 6.07) is 6.94. The molecule has 188 valence electrons. The first-order chi connectivity index (χ1) is 16.7. The number of pyridine rings is 1.